The number of aromatic hydroxyl groups is 1. The fraction of sp³-hybridized carbons (Fsp3) is 0.600. The van der Waals surface area contributed by atoms with E-state index in [1.165, 1.54) is 19.3 Å². The Kier molecular flexibility index (Phi) is 4.74. The molecule has 0 bridgehead atoms. The molecule has 2 heterocycles. The number of likely N-dealkylation sites (tertiary alicyclic amines) is 1. The number of hydrogen-bond donors (Lipinski definition) is 1. The molecule has 140 valence electrons. The third-order valence-electron chi connectivity index (χ3n) is 5.87. The van der Waals surface area contributed by atoms with Gasteiger partial charge < -0.3 is 19.6 Å². The van der Waals surface area contributed by atoms with Gasteiger partial charge in [0.2, 0.25) is 11.8 Å². The minimum absolute atomic E-state index is 0.0428. The number of fused-ring (bicyclic) bond motifs is 1. The lowest BCUT2D eigenvalue weighted by atomic mass is 9.94. The number of benzene rings is 1. The third-order valence-corrected chi connectivity index (χ3v) is 5.87. The van der Waals surface area contributed by atoms with Crippen LogP contribution in [0.15, 0.2) is 18.2 Å². The predicted molar refractivity (Wildman–Crippen MR) is 95.7 cm³/mol. The lowest BCUT2D eigenvalue weighted by Gasteiger charge is -2.31. The van der Waals surface area contributed by atoms with E-state index in [9.17, 15) is 14.7 Å². The molecule has 1 aromatic carbocycles. The van der Waals surface area contributed by atoms with E-state index < -0.39 is 0 Å². The molecule has 3 aliphatic rings. The molecule has 1 saturated heterocycles. The Bertz CT molecular complexity index is 699. The number of carbonyl (C=O) groups excluding carboxylic acids is 2. The van der Waals surface area contributed by atoms with E-state index in [-0.39, 0.29) is 23.5 Å². The van der Waals surface area contributed by atoms with Crippen molar-refractivity contribution in [1.82, 2.24) is 9.80 Å². The highest BCUT2D eigenvalue weighted by Crippen LogP contribution is 2.31. The normalized spacial score (nSPS) is 24.2. The maximum atomic E-state index is 13.0. The second-order valence-corrected chi connectivity index (χ2v) is 7.64. The van der Waals surface area contributed by atoms with E-state index in [0.29, 0.717) is 44.5 Å². The van der Waals surface area contributed by atoms with Gasteiger partial charge in [0, 0.05) is 37.2 Å². The average Bonchev–Trinajstić information content (AvgIpc) is 2.91. The van der Waals surface area contributed by atoms with Gasteiger partial charge in [-0.3, -0.25) is 9.59 Å². The molecule has 2 amide bonds. The summed E-state index contributed by atoms with van der Waals surface area (Å²) in [6, 6.07) is 5.32. The Morgan fingerprint density at radius 2 is 2.00 bits per heavy atom. The molecule has 0 radical (unpaired) electrons. The van der Waals surface area contributed by atoms with Crippen LogP contribution in [-0.4, -0.2) is 52.5 Å². The number of carbonyl (C=O) groups is 2. The topological polar surface area (TPSA) is 70.1 Å². The summed E-state index contributed by atoms with van der Waals surface area (Å²) in [7, 11) is 0. The second-order valence-electron chi connectivity index (χ2n) is 7.64. The van der Waals surface area contributed by atoms with Crippen molar-refractivity contribution in [3.05, 3.63) is 23.8 Å². The standard InChI is InChI=1S/C20H26N2O4/c23-17-7-6-14-12-21(8-9-26-18(14)11-17)20(25)15-10-19(24)22(13-15)16-4-2-1-3-5-16/h6-7,11,15-16,23H,1-5,8-10,12-13H2. The van der Waals surface area contributed by atoms with E-state index >= 15 is 0 Å². The van der Waals surface area contributed by atoms with Gasteiger partial charge >= 0.3 is 0 Å². The molecule has 2 fully saturated rings. The van der Waals surface area contributed by atoms with Gasteiger partial charge in [-0.15, -0.1) is 0 Å². The van der Waals surface area contributed by atoms with Gasteiger partial charge in [0.25, 0.3) is 0 Å². The summed E-state index contributed by atoms with van der Waals surface area (Å²) in [6.45, 7) is 1.92. The zero-order valence-corrected chi connectivity index (χ0v) is 15.0. The highest BCUT2D eigenvalue weighted by atomic mass is 16.5. The Hall–Kier alpha value is -2.24. The van der Waals surface area contributed by atoms with Crippen molar-refractivity contribution in [1.29, 1.82) is 0 Å². The van der Waals surface area contributed by atoms with Gasteiger partial charge in [-0.25, -0.2) is 0 Å². The van der Waals surface area contributed by atoms with Gasteiger partial charge in [0.05, 0.1) is 12.5 Å². The minimum Gasteiger partial charge on any atom is -0.508 e. The van der Waals surface area contributed by atoms with Crippen LogP contribution >= 0.6 is 0 Å². The maximum Gasteiger partial charge on any atom is 0.228 e. The molecule has 1 unspecified atom stereocenters. The Morgan fingerprint density at radius 1 is 1.19 bits per heavy atom. The highest BCUT2D eigenvalue weighted by Gasteiger charge is 2.40. The molecular weight excluding hydrogens is 332 g/mol. The third kappa shape index (κ3) is 3.37. The molecular formula is C20H26N2O4. The summed E-state index contributed by atoms with van der Waals surface area (Å²) in [4.78, 5) is 29.3. The maximum absolute atomic E-state index is 13.0. The molecule has 1 N–H and O–H groups in total. The Balaban J connectivity index is 1.44. The molecule has 0 spiro atoms. The van der Waals surface area contributed by atoms with Gasteiger partial charge in [-0.1, -0.05) is 19.3 Å². The van der Waals surface area contributed by atoms with E-state index in [1.807, 2.05) is 4.90 Å². The minimum atomic E-state index is -0.247. The molecule has 1 aromatic rings. The molecule has 6 nitrogen and oxygen atoms in total. The number of phenols is 1. The van der Waals surface area contributed by atoms with Crippen LogP contribution in [0.4, 0.5) is 0 Å². The molecule has 1 saturated carbocycles. The number of rotatable bonds is 2. The van der Waals surface area contributed by atoms with Gasteiger partial charge in [0.1, 0.15) is 18.1 Å². The van der Waals surface area contributed by atoms with Crippen molar-refractivity contribution in [3.63, 3.8) is 0 Å². The summed E-state index contributed by atoms with van der Waals surface area (Å²) in [5, 5.41) is 9.61. The molecule has 2 aliphatic heterocycles. The van der Waals surface area contributed by atoms with Crippen LogP contribution < -0.4 is 4.74 Å². The molecule has 1 atom stereocenters. The van der Waals surface area contributed by atoms with Crippen molar-refractivity contribution in [2.45, 2.75) is 51.1 Å². The van der Waals surface area contributed by atoms with Crippen LogP contribution in [0.5, 0.6) is 11.5 Å². The Labute approximate surface area is 153 Å². The first-order valence-corrected chi connectivity index (χ1v) is 9.65. The second kappa shape index (κ2) is 7.17. The van der Waals surface area contributed by atoms with Crippen molar-refractivity contribution < 1.29 is 19.4 Å². The van der Waals surface area contributed by atoms with Crippen LogP contribution in [0.3, 0.4) is 0 Å². The quantitative estimate of drug-likeness (QED) is 0.881. The first-order valence-electron chi connectivity index (χ1n) is 9.65. The molecule has 6 heteroatoms. The molecule has 0 aromatic heterocycles. The summed E-state index contributed by atoms with van der Waals surface area (Å²) >= 11 is 0. The van der Waals surface area contributed by atoms with Crippen molar-refractivity contribution in [2.24, 2.45) is 5.92 Å². The fourth-order valence-electron chi connectivity index (χ4n) is 4.45. The first-order chi connectivity index (χ1) is 12.6. The summed E-state index contributed by atoms with van der Waals surface area (Å²) in [5.74, 6) is 0.718. The van der Waals surface area contributed by atoms with Crippen molar-refractivity contribution >= 4 is 11.8 Å². The van der Waals surface area contributed by atoms with Crippen LogP contribution in [0, 0.1) is 5.92 Å². The summed E-state index contributed by atoms with van der Waals surface area (Å²) < 4.78 is 5.68. The van der Waals surface area contributed by atoms with E-state index in [2.05, 4.69) is 0 Å². The zero-order chi connectivity index (χ0) is 18.1. The number of phenolic OH excluding ortho intramolecular Hbond substituents is 1. The first kappa shape index (κ1) is 17.2. The predicted octanol–water partition coefficient (Wildman–Crippen LogP) is 2.29. The van der Waals surface area contributed by atoms with E-state index in [0.717, 1.165) is 18.4 Å². The zero-order valence-electron chi connectivity index (χ0n) is 15.0. The molecule has 4 rings (SSSR count). The average molecular weight is 358 g/mol. The van der Waals surface area contributed by atoms with Gasteiger partial charge in [0.15, 0.2) is 0 Å². The van der Waals surface area contributed by atoms with Crippen molar-refractivity contribution in [3.8, 4) is 11.5 Å². The summed E-state index contributed by atoms with van der Waals surface area (Å²) in [5.41, 5.74) is 0.891. The SMILES string of the molecule is O=C(C1CC(=O)N(C2CCCCC2)C1)N1CCOc2cc(O)ccc2C1. The monoisotopic (exact) mass is 358 g/mol. The van der Waals surface area contributed by atoms with Crippen LogP contribution in [0.25, 0.3) is 0 Å². The number of amides is 2. The fourth-order valence-corrected chi connectivity index (χ4v) is 4.45. The van der Waals surface area contributed by atoms with Crippen LogP contribution in [0.1, 0.15) is 44.1 Å². The highest BCUT2D eigenvalue weighted by molar-refractivity contribution is 5.89. The van der Waals surface area contributed by atoms with E-state index in [1.54, 1.807) is 23.1 Å². The molecule has 1 aliphatic carbocycles. The number of ether oxygens (including phenoxy) is 1. The smallest absolute Gasteiger partial charge is 0.228 e. The number of hydrogen-bond acceptors (Lipinski definition) is 4. The lowest BCUT2D eigenvalue weighted by Crippen LogP contribution is -2.41. The summed E-state index contributed by atoms with van der Waals surface area (Å²) in [6.07, 6.45) is 6.08. The van der Waals surface area contributed by atoms with Gasteiger partial charge in [-0.05, 0) is 25.0 Å². The number of nitrogens with zero attached hydrogens (tertiary/aromatic N) is 2. The molecule has 26 heavy (non-hydrogen) atoms. The van der Waals surface area contributed by atoms with E-state index in [4.69, 9.17) is 4.74 Å². The largest absolute Gasteiger partial charge is 0.508 e. The van der Waals surface area contributed by atoms with Gasteiger partial charge in [-0.2, -0.15) is 0 Å². The van der Waals surface area contributed by atoms with Crippen LogP contribution in [0.2, 0.25) is 0 Å². The Morgan fingerprint density at radius 3 is 2.81 bits per heavy atom. The lowest BCUT2D eigenvalue weighted by molar-refractivity contribution is -0.136. The van der Waals surface area contributed by atoms with Crippen molar-refractivity contribution in [2.75, 3.05) is 19.7 Å². The van der Waals surface area contributed by atoms with Crippen LogP contribution in [-0.2, 0) is 16.1 Å².